The van der Waals surface area contributed by atoms with Gasteiger partial charge in [-0.3, -0.25) is 4.98 Å². The van der Waals surface area contributed by atoms with Crippen LogP contribution in [0.5, 0.6) is 0 Å². The molecule has 6 nitrogen and oxygen atoms in total. The smallest absolute Gasteiger partial charge is 0.326 e. The maximum absolute atomic E-state index is 11.7. The predicted octanol–water partition coefficient (Wildman–Crippen LogP) is 1.62. The first-order chi connectivity index (χ1) is 8.41. The van der Waals surface area contributed by atoms with Crippen molar-refractivity contribution in [3.8, 4) is 0 Å². The number of pyridine rings is 1. The minimum absolute atomic E-state index is 0.191. The minimum Gasteiger partial charge on any atom is -0.480 e. The van der Waals surface area contributed by atoms with Crippen molar-refractivity contribution in [2.45, 2.75) is 26.8 Å². The third-order valence-corrected chi connectivity index (χ3v) is 2.47. The van der Waals surface area contributed by atoms with Crippen molar-refractivity contribution in [2.24, 2.45) is 5.92 Å². The van der Waals surface area contributed by atoms with E-state index in [1.807, 2.05) is 0 Å². The van der Waals surface area contributed by atoms with Crippen LogP contribution in [0, 0.1) is 12.8 Å². The highest BCUT2D eigenvalue weighted by molar-refractivity contribution is 5.92. The Morgan fingerprint density at radius 2 is 2.06 bits per heavy atom. The maximum atomic E-state index is 11.7. The molecule has 1 atom stereocenters. The lowest BCUT2D eigenvalue weighted by Crippen LogP contribution is -2.46. The second-order valence-corrected chi connectivity index (χ2v) is 4.29. The molecule has 6 heteroatoms. The highest BCUT2D eigenvalue weighted by atomic mass is 16.4. The Kier molecular flexibility index (Phi) is 4.65. The normalized spacial score (nSPS) is 12.0. The van der Waals surface area contributed by atoms with Crippen LogP contribution in [-0.4, -0.2) is 28.1 Å². The number of carboxylic acid groups (broad SMARTS) is 1. The van der Waals surface area contributed by atoms with Crippen molar-refractivity contribution < 1.29 is 14.7 Å². The van der Waals surface area contributed by atoms with Crippen molar-refractivity contribution in [3.63, 3.8) is 0 Å². The molecule has 0 aliphatic rings. The van der Waals surface area contributed by atoms with E-state index in [9.17, 15) is 9.59 Å². The fourth-order valence-electron chi connectivity index (χ4n) is 1.43. The van der Waals surface area contributed by atoms with Crippen LogP contribution >= 0.6 is 0 Å². The number of rotatable bonds is 4. The number of hydrogen-bond acceptors (Lipinski definition) is 3. The topological polar surface area (TPSA) is 91.3 Å². The van der Waals surface area contributed by atoms with Gasteiger partial charge in [-0.1, -0.05) is 13.8 Å². The zero-order valence-corrected chi connectivity index (χ0v) is 10.6. The van der Waals surface area contributed by atoms with Crippen LogP contribution in [0.15, 0.2) is 18.3 Å². The van der Waals surface area contributed by atoms with Crippen LogP contribution in [0.4, 0.5) is 10.5 Å². The van der Waals surface area contributed by atoms with Crippen LogP contribution < -0.4 is 10.6 Å². The molecular weight excluding hydrogens is 234 g/mol. The number of carboxylic acids is 1. The molecule has 0 aliphatic heterocycles. The second kappa shape index (κ2) is 6.00. The number of aryl methyl sites for hydroxylation is 1. The summed E-state index contributed by atoms with van der Waals surface area (Å²) in [5, 5.41) is 13.9. The highest BCUT2D eigenvalue weighted by Gasteiger charge is 2.23. The Balaban J connectivity index is 2.67. The number of carbonyl (C=O) groups is 2. The summed E-state index contributed by atoms with van der Waals surface area (Å²) in [4.78, 5) is 26.6. The number of nitrogens with zero attached hydrogens (tertiary/aromatic N) is 1. The lowest BCUT2D eigenvalue weighted by atomic mass is 10.1. The van der Waals surface area contributed by atoms with E-state index in [2.05, 4.69) is 15.6 Å². The van der Waals surface area contributed by atoms with Crippen molar-refractivity contribution in [2.75, 3.05) is 5.32 Å². The van der Waals surface area contributed by atoms with Gasteiger partial charge in [-0.05, 0) is 25.0 Å². The fourth-order valence-corrected chi connectivity index (χ4v) is 1.43. The van der Waals surface area contributed by atoms with E-state index in [1.54, 1.807) is 39.1 Å². The van der Waals surface area contributed by atoms with Crippen LogP contribution in [0.25, 0.3) is 0 Å². The molecule has 0 bridgehead atoms. The quantitative estimate of drug-likeness (QED) is 0.758. The van der Waals surface area contributed by atoms with Gasteiger partial charge in [-0.15, -0.1) is 0 Å². The molecule has 98 valence electrons. The number of urea groups is 1. The summed E-state index contributed by atoms with van der Waals surface area (Å²) in [5.41, 5.74) is 1.23. The first kappa shape index (κ1) is 14.0. The molecule has 2 amide bonds. The third kappa shape index (κ3) is 3.73. The Labute approximate surface area is 105 Å². The van der Waals surface area contributed by atoms with Gasteiger partial charge in [0.25, 0.3) is 0 Å². The van der Waals surface area contributed by atoms with E-state index in [0.29, 0.717) is 11.4 Å². The molecule has 0 saturated heterocycles. The second-order valence-electron chi connectivity index (χ2n) is 4.29. The Hall–Kier alpha value is -2.11. The number of amides is 2. The molecule has 0 fully saturated rings. The van der Waals surface area contributed by atoms with E-state index in [4.69, 9.17) is 5.11 Å². The van der Waals surface area contributed by atoms with Gasteiger partial charge in [0.05, 0.1) is 11.4 Å². The molecule has 3 N–H and O–H groups in total. The fraction of sp³-hybridized carbons (Fsp3) is 0.417. The van der Waals surface area contributed by atoms with Gasteiger partial charge >= 0.3 is 12.0 Å². The zero-order chi connectivity index (χ0) is 13.7. The van der Waals surface area contributed by atoms with Crippen LogP contribution in [0.3, 0.4) is 0 Å². The summed E-state index contributed by atoms with van der Waals surface area (Å²) in [6.07, 6.45) is 1.62. The number of carbonyl (C=O) groups excluding carboxylic acids is 1. The van der Waals surface area contributed by atoms with Gasteiger partial charge in [0.1, 0.15) is 6.04 Å². The van der Waals surface area contributed by atoms with E-state index < -0.39 is 18.0 Å². The van der Waals surface area contributed by atoms with Gasteiger partial charge in [0, 0.05) is 6.20 Å². The van der Waals surface area contributed by atoms with E-state index in [-0.39, 0.29) is 5.92 Å². The largest absolute Gasteiger partial charge is 0.480 e. The first-order valence-electron chi connectivity index (χ1n) is 5.63. The molecule has 0 unspecified atom stereocenters. The van der Waals surface area contributed by atoms with Gasteiger partial charge in [-0.25, -0.2) is 9.59 Å². The molecule has 1 heterocycles. The van der Waals surface area contributed by atoms with E-state index >= 15 is 0 Å². The number of hydrogen-bond donors (Lipinski definition) is 3. The lowest BCUT2D eigenvalue weighted by molar-refractivity contribution is -0.140. The molecular formula is C12H17N3O3. The van der Waals surface area contributed by atoms with Gasteiger partial charge in [0.2, 0.25) is 0 Å². The van der Waals surface area contributed by atoms with Crippen molar-refractivity contribution in [1.29, 1.82) is 0 Å². The molecule has 18 heavy (non-hydrogen) atoms. The Bertz CT molecular complexity index is 446. The van der Waals surface area contributed by atoms with Crippen LogP contribution in [-0.2, 0) is 4.79 Å². The summed E-state index contributed by atoms with van der Waals surface area (Å²) < 4.78 is 0. The van der Waals surface area contributed by atoms with E-state index in [0.717, 1.165) is 0 Å². The standard InChI is InChI=1S/C12H17N3O3/c1-7(2)10(11(16)17)15-12(18)14-9-5-4-6-13-8(9)3/h4-7,10H,1-3H3,(H,16,17)(H2,14,15,18)/t10-/m1/s1. The van der Waals surface area contributed by atoms with Crippen molar-refractivity contribution in [3.05, 3.63) is 24.0 Å². The number of anilines is 1. The van der Waals surface area contributed by atoms with Crippen LogP contribution in [0.1, 0.15) is 19.5 Å². The molecule has 0 saturated carbocycles. The van der Waals surface area contributed by atoms with E-state index in [1.165, 1.54) is 0 Å². The number of aromatic nitrogens is 1. The minimum atomic E-state index is -1.05. The van der Waals surface area contributed by atoms with Gasteiger partial charge < -0.3 is 15.7 Å². The monoisotopic (exact) mass is 251 g/mol. The lowest BCUT2D eigenvalue weighted by Gasteiger charge is -2.18. The van der Waals surface area contributed by atoms with Crippen molar-refractivity contribution in [1.82, 2.24) is 10.3 Å². The molecule has 1 rings (SSSR count). The molecule has 0 aliphatic carbocycles. The Morgan fingerprint density at radius 1 is 1.39 bits per heavy atom. The number of nitrogens with one attached hydrogen (secondary N) is 2. The summed E-state index contributed by atoms with van der Waals surface area (Å²) in [6, 6.07) is 1.93. The molecule has 0 radical (unpaired) electrons. The zero-order valence-electron chi connectivity index (χ0n) is 10.6. The predicted molar refractivity (Wildman–Crippen MR) is 67.4 cm³/mol. The molecule has 0 aromatic carbocycles. The third-order valence-electron chi connectivity index (χ3n) is 2.47. The average Bonchev–Trinajstić information content (AvgIpc) is 2.28. The highest BCUT2D eigenvalue weighted by Crippen LogP contribution is 2.10. The summed E-state index contributed by atoms with van der Waals surface area (Å²) in [7, 11) is 0. The molecule has 1 aromatic heterocycles. The average molecular weight is 251 g/mol. The van der Waals surface area contributed by atoms with Gasteiger partial charge in [-0.2, -0.15) is 0 Å². The van der Waals surface area contributed by atoms with Crippen LogP contribution in [0.2, 0.25) is 0 Å². The number of aliphatic carboxylic acids is 1. The Morgan fingerprint density at radius 3 is 2.56 bits per heavy atom. The van der Waals surface area contributed by atoms with Gasteiger partial charge in [0.15, 0.2) is 0 Å². The first-order valence-corrected chi connectivity index (χ1v) is 5.63. The molecule has 1 aromatic rings. The SMILES string of the molecule is Cc1ncccc1NC(=O)N[C@@H](C(=O)O)C(C)C. The summed E-state index contributed by atoms with van der Waals surface area (Å²) >= 11 is 0. The summed E-state index contributed by atoms with van der Waals surface area (Å²) in [5.74, 6) is -1.24. The summed E-state index contributed by atoms with van der Waals surface area (Å²) in [6.45, 7) is 5.22. The molecule has 0 spiro atoms. The maximum Gasteiger partial charge on any atom is 0.326 e. The van der Waals surface area contributed by atoms with Crippen molar-refractivity contribution >= 4 is 17.7 Å².